The minimum Gasteiger partial charge on any atom is -0.455 e. The Kier molecular flexibility index (Phi) is 3.81. The van der Waals surface area contributed by atoms with Crippen molar-refractivity contribution >= 4 is 5.91 Å². The van der Waals surface area contributed by atoms with Gasteiger partial charge in [-0.05, 0) is 44.0 Å². The molecule has 0 aliphatic carbocycles. The van der Waals surface area contributed by atoms with E-state index in [0.717, 1.165) is 31.3 Å². The number of amides is 1. The van der Waals surface area contributed by atoms with Crippen molar-refractivity contribution in [2.45, 2.75) is 26.3 Å². The number of nitrogens with zero attached hydrogens (tertiary/aromatic N) is 1. The van der Waals surface area contributed by atoms with Gasteiger partial charge in [0.25, 0.3) is 0 Å². The normalized spacial score (nSPS) is 18.2. The highest BCUT2D eigenvalue weighted by molar-refractivity contribution is 5.90. The Morgan fingerprint density at radius 3 is 2.88 bits per heavy atom. The summed E-state index contributed by atoms with van der Waals surface area (Å²) in [6.07, 6.45) is 2.47. The second-order valence-corrected chi connectivity index (χ2v) is 4.70. The highest BCUT2D eigenvalue weighted by Crippen LogP contribution is 2.19. The Hall–Kier alpha value is -1.33. The van der Waals surface area contributed by atoms with Crippen molar-refractivity contribution in [3.63, 3.8) is 0 Å². The first-order chi connectivity index (χ1) is 8.19. The summed E-state index contributed by atoms with van der Waals surface area (Å²) in [5, 5.41) is 0. The van der Waals surface area contributed by atoms with E-state index in [1.54, 1.807) is 6.07 Å². The molecule has 5 heteroatoms. The van der Waals surface area contributed by atoms with E-state index in [2.05, 4.69) is 17.2 Å². The van der Waals surface area contributed by atoms with Crippen molar-refractivity contribution in [3.8, 4) is 0 Å². The maximum atomic E-state index is 11.2. The third-order valence-corrected chi connectivity index (χ3v) is 3.27. The zero-order chi connectivity index (χ0) is 12.3. The lowest BCUT2D eigenvalue weighted by Crippen LogP contribution is -2.32. The first-order valence-corrected chi connectivity index (χ1v) is 6.01. The first kappa shape index (κ1) is 12.1. The molecule has 1 aliphatic heterocycles. The van der Waals surface area contributed by atoms with Gasteiger partial charge in [0.05, 0.1) is 6.54 Å². The lowest BCUT2D eigenvalue weighted by Gasteiger charge is -2.29. The number of hydrogen-bond donors (Lipinski definition) is 2. The smallest absolute Gasteiger partial charge is 0.300 e. The van der Waals surface area contributed by atoms with Crippen LogP contribution in [0.1, 0.15) is 36.1 Å². The van der Waals surface area contributed by atoms with E-state index >= 15 is 0 Å². The standard InChI is InChI=1S/C12H19N3O2/c1-9-4-6-15(7-5-9)8-10-2-3-11(17-10)12(16)14-13/h2-3,9H,4-8,13H2,1H3,(H,14,16). The number of piperidine rings is 1. The highest BCUT2D eigenvalue weighted by Gasteiger charge is 2.17. The molecule has 1 fully saturated rings. The summed E-state index contributed by atoms with van der Waals surface area (Å²) in [7, 11) is 0. The molecule has 1 aromatic rings. The van der Waals surface area contributed by atoms with Gasteiger partial charge in [0.2, 0.25) is 0 Å². The van der Waals surface area contributed by atoms with Gasteiger partial charge >= 0.3 is 5.91 Å². The Morgan fingerprint density at radius 2 is 2.24 bits per heavy atom. The number of hydrazine groups is 1. The van der Waals surface area contributed by atoms with E-state index in [1.165, 1.54) is 12.8 Å². The third-order valence-electron chi connectivity index (χ3n) is 3.27. The number of carbonyl (C=O) groups is 1. The van der Waals surface area contributed by atoms with Gasteiger partial charge in [-0.2, -0.15) is 0 Å². The van der Waals surface area contributed by atoms with Gasteiger partial charge in [0.15, 0.2) is 5.76 Å². The van der Waals surface area contributed by atoms with E-state index in [-0.39, 0.29) is 11.7 Å². The molecule has 2 rings (SSSR count). The second-order valence-electron chi connectivity index (χ2n) is 4.70. The fraction of sp³-hybridized carbons (Fsp3) is 0.583. The Bertz CT molecular complexity index is 381. The van der Waals surface area contributed by atoms with Crippen LogP contribution in [0.5, 0.6) is 0 Å². The Morgan fingerprint density at radius 1 is 1.53 bits per heavy atom. The number of hydrogen-bond acceptors (Lipinski definition) is 4. The number of carbonyl (C=O) groups excluding carboxylic acids is 1. The van der Waals surface area contributed by atoms with Crippen LogP contribution in [-0.2, 0) is 6.54 Å². The molecule has 1 saturated heterocycles. The molecule has 0 aromatic carbocycles. The fourth-order valence-corrected chi connectivity index (χ4v) is 2.10. The third kappa shape index (κ3) is 3.08. The molecule has 0 atom stereocenters. The van der Waals surface area contributed by atoms with E-state index < -0.39 is 0 Å². The summed E-state index contributed by atoms with van der Waals surface area (Å²) in [5.74, 6) is 6.57. The molecular weight excluding hydrogens is 218 g/mol. The van der Waals surface area contributed by atoms with Crippen LogP contribution in [0, 0.1) is 5.92 Å². The lowest BCUT2D eigenvalue weighted by molar-refractivity contribution is 0.0920. The van der Waals surface area contributed by atoms with Gasteiger partial charge in [0.1, 0.15) is 5.76 Å². The largest absolute Gasteiger partial charge is 0.455 e. The SMILES string of the molecule is CC1CCN(Cc2ccc(C(=O)NN)o2)CC1. The molecule has 2 heterocycles. The number of nitrogens with one attached hydrogen (secondary N) is 1. The molecule has 0 bridgehead atoms. The first-order valence-electron chi connectivity index (χ1n) is 6.01. The molecule has 3 N–H and O–H groups in total. The molecule has 17 heavy (non-hydrogen) atoms. The molecule has 0 radical (unpaired) electrons. The van der Waals surface area contributed by atoms with E-state index in [1.807, 2.05) is 6.07 Å². The van der Waals surface area contributed by atoms with Crippen LogP contribution in [0.15, 0.2) is 16.5 Å². The van der Waals surface area contributed by atoms with Gasteiger partial charge in [-0.25, -0.2) is 5.84 Å². The Labute approximate surface area is 101 Å². The van der Waals surface area contributed by atoms with E-state index in [0.29, 0.717) is 0 Å². The number of furan rings is 1. The van der Waals surface area contributed by atoms with Gasteiger partial charge in [0, 0.05) is 0 Å². The predicted octanol–water partition coefficient (Wildman–Crippen LogP) is 1.11. The summed E-state index contributed by atoms with van der Waals surface area (Å²) < 4.78 is 5.43. The van der Waals surface area contributed by atoms with Gasteiger partial charge in [-0.15, -0.1) is 0 Å². The van der Waals surface area contributed by atoms with Crippen LogP contribution >= 0.6 is 0 Å². The molecular formula is C12H19N3O2. The highest BCUT2D eigenvalue weighted by atomic mass is 16.4. The lowest BCUT2D eigenvalue weighted by atomic mass is 9.99. The Balaban J connectivity index is 1.90. The van der Waals surface area contributed by atoms with Crippen molar-refractivity contribution in [2.75, 3.05) is 13.1 Å². The fourth-order valence-electron chi connectivity index (χ4n) is 2.10. The molecule has 5 nitrogen and oxygen atoms in total. The molecule has 0 saturated carbocycles. The predicted molar refractivity (Wildman–Crippen MR) is 64.0 cm³/mol. The van der Waals surface area contributed by atoms with Crippen LogP contribution in [-0.4, -0.2) is 23.9 Å². The molecule has 0 spiro atoms. The van der Waals surface area contributed by atoms with Gasteiger partial charge < -0.3 is 4.42 Å². The van der Waals surface area contributed by atoms with E-state index in [9.17, 15) is 4.79 Å². The van der Waals surface area contributed by atoms with Crippen molar-refractivity contribution in [2.24, 2.45) is 11.8 Å². The summed E-state index contributed by atoms with van der Waals surface area (Å²) >= 11 is 0. The number of nitrogens with two attached hydrogens (primary N) is 1. The van der Waals surface area contributed by atoms with Crippen LogP contribution in [0.3, 0.4) is 0 Å². The van der Waals surface area contributed by atoms with Crippen molar-refractivity contribution in [3.05, 3.63) is 23.7 Å². The number of likely N-dealkylation sites (tertiary alicyclic amines) is 1. The van der Waals surface area contributed by atoms with Crippen molar-refractivity contribution in [1.82, 2.24) is 10.3 Å². The van der Waals surface area contributed by atoms with Crippen molar-refractivity contribution in [1.29, 1.82) is 0 Å². The van der Waals surface area contributed by atoms with Gasteiger partial charge in [-0.1, -0.05) is 6.92 Å². The zero-order valence-electron chi connectivity index (χ0n) is 10.1. The topological polar surface area (TPSA) is 71.5 Å². The number of rotatable bonds is 3. The average molecular weight is 237 g/mol. The minimum absolute atomic E-state index is 0.271. The quantitative estimate of drug-likeness (QED) is 0.469. The summed E-state index contributed by atoms with van der Waals surface area (Å²) in [6.45, 7) is 5.25. The maximum absolute atomic E-state index is 11.2. The average Bonchev–Trinajstić information content (AvgIpc) is 2.80. The molecule has 1 aromatic heterocycles. The van der Waals surface area contributed by atoms with Gasteiger partial charge in [-0.3, -0.25) is 15.1 Å². The summed E-state index contributed by atoms with van der Waals surface area (Å²) in [5.41, 5.74) is 2.06. The van der Waals surface area contributed by atoms with Crippen LogP contribution < -0.4 is 11.3 Å². The zero-order valence-corrected chi connectivity index (χ0v) is 10.1. The van der Waals surface area contributed by atoms with Crippen LogP contribution in [0.4, 0.5) is 0 Å². The number of nitrogen functional groups attached to an aromatic ring is 1. The summed E-state index contributed by atoms with van der Waals surface area (Å²) in [6, 6.07) is 3.49. The van der Waals surface area contributed by atoms with Crippen LogP contribution in [0.2, 0.25) is 0 Å². The van der Waals surface area contributed by atoms with Crippen LogP contribution in [0.25, 0.3) is 0 Å². The van der Waals surface area contributed by atoms with E-state index in [4.69, 9.17) is 10.3 Å². The maximum Gasteiger partial charge on any atom is 0.300 e. The van der Waals surface area contributed by atoms with Crippen molar-refractivity contribution < 1.29 is 9.21 Å². The monoisotopic (exact) mass is 237 g/mol. The second kappa shape index (κ2) is 5.33. The minimum atomic E-state index is -0.386. The molecule has 0 unspecified atom stereocenters. The molecule has 1 amide bonds. The molecule has 94 valence electrons. The summed E-state index contributed by atoms with van der Waals surface area (Å²) in [4.78, 5) is 13.6. The molecule has 1 aliphatic rings.